The van der Waals surface area contributed by atoms with Crippen molar-refractivity contribution in [1.29, 1.82) is 0 Å². The molecule has 0 aliphatic carbocycles. The van der Waals surface area contributed by atoms with E-state index in [0.29, 0.717) is 23.9 Å². The van der Waals surface area contributed by atoms with E-state index in [9.17, 15) is 4.79 Å². The molecule has 0 unspecified atom stereocenters. The molecule has 112 valence electrons. The first-order chi connectivity index (χ1) is 9.67. The summed E-state index contributed by atoms with van der Waals surface area (Å²) in [5, 5.41) is 5.75. The fraction of sp³-hybridized carbons (Fsp3) is 0.615. The minimum absolute atomic E-state index is 0.0656. The quantitative estimate of drug-likeness (QED) is 0.736. The van der Waals surface area contributed by atoms with Crippen LogP contribution < -0.4 is 20.3 Å². The van der Waals surface area contributed by atoms with Crippen molar-refractivity contribution in [2.45, 2.75) is 20.3 Å². The molecule has 1 amide bonds. The van der Waals surface area contributed by atoms with Crippen molar-refractivity contribution >= 4 is 17.5 Å². The summed E-state index contributed by atoms with van der Waals surface area (Å²) in [6.45, 7) is 5.72. The predicted molar refractivity (Wildman–Crippen MR) is 79.3 cm³/mol. The van der Waals surface area contributed by atoms with Gasteiger partial charge in [0, 0.05) is 20.1 Å². The molecule has 0 atom stereocenters. The van der Waals surface area contributed by atoms with E-state index in [1.165, 1.54) is 6.33 Å². The van der Waals surface area contributed by atoms with Gasteiger partial charge in [0.1, 0.15) is 6.33 Å². The van der Waals surface area contributed by atoms with E-state index in [0.717, 1.165) is 13.0 Å². The molecule has 1 heterocycles. The first kappa shape index (κ1) is 16.0. The van der Waals surface area contributed by atoms with Crippen LogP contribution in [0, 0.1) is 0 Å². The molecule has 0 saturated carbocycles. The van der Waals surface area contributed by atoms with Crippen LogP contribution in [0.2, 0.25) is 0 Å². The molecule has 1 rings (SSSR count). The number of carbonyl (C=O) groups is 1. The fourth-order valence-electron chi connectivity index (χ4n) is 1.85. The fourth-order valence-corrected chi connectivity index (χ4v) is 1.85. The van der Waals surface area contributed by atoms with Crippen molar-refractivity contribution in [2.75, 3.05) is 44.0 Å². The number of nitrogens with one attached hydrogen (secondary N) is 2. The van der Waals surface area contributed by atoms with Crippen molar-refractivity contribution in [2.24, 2.45) is 0 Å². The highest BCUT2D eigenvalue weighted by Crippen LogP contribution is 2.31. The van der Waals surface area contributed by atoms with Crippen LogP contribution in [0.1, 0.15) is 20.3 Å². The topological polar surface area (TPSA) is 79.4 Å². The number of aromatic nitrogens is 2. The highest BCUT2D eigenvalue weighted by Gasteiger charge is 2.19. The van der Waals surface area contributed by atoms with Crippen LogP contribution >= 0.6 is 0 Å². The summed E-state index contributed by atoms with van der Waals surface area (Å²) < 4.78 is 5.41. The Labute approximate surface area is 119 Å². The zero-order valence-electron chi connectivity index (χ0n) is 12.6. The molecule has 7 nitrogen and oxygen atoms in total. The summed E-state index contributed by atoms with van der Waals surface area (Å²) in [6.07, 6.45) is 2.38. The van der Waals surface area contributed by atoms with E-state index in [4.69, 9.17) is 4.74 Å². The predicted octanol–water partition coefficient (Wildman–Crippen LogP) is 0.879. The molecular weight excluding hydrogens is 258 g/mol. The molecule has 1 aromatic heterocycles. The first-order valence-corrected chi connectivity index (χ1v) is 6.76. The molecule has 0 spiro atoms. The molecule has 20 heavy (non-hydrogen) atoms. The Morgan fingerprint density at radius 1 is 1.40 bits per heavy atom. The van der Waals surface area contributed by atoms with Gasteiger partial charge in [-0.3, -0.25) is 4.79 Å². The molecule has 0 radical (unpaired) electrons. The molecule has 0 aliphatic rings. The Bertz CT molecular complexity index is 439. The number of hydrogen-bond acceptors (Lipinski definition) is 6. The normalized spacial score (nSPS) is 10.0. The van der Waals surface area contributed by atoms with Crippen LogP contribution in [0.4, 0.5) is 11.6 Å². The maximum atomic E-state index is 11.6. The average Bonchev–Trinajstić information content (AvgIpc) is 2.46. The lowest BCUT2D eigenvalue weighted by Gasteiger charge is -2.24. The molecule has 0 aliphatic heterocycles. The SMILES string of the molecule is CCCN(CC(=O)NC)c1ncnc(NCC)c1OC. The number of carbonyl (C=O) groups excluding carboxylic acids is 1. The molecular formula is C13H23N5O2. The summed E-state index contributed by atoms with van der Waals surface area (Å²) in [6, 6.07) is 0. The summed E-state index contributed by atoms with van der Waals surface area (Å²) >= 11 is 0. The molecule has 7 heteroatoms. The van der Waals surface area contributed by atoms with Gasteiger partial charge < -0.3 is 20.3 Å². The van der Waals surface area contributed by atoms with E-state index < -0.39 is 0 Å². The number of anilines is 2. The minimum Gasteiger partial charge on any atom is -0.490 e. The number of nitrogens with zero attached hydrogens (tertiary/aromatic N) is 3. The zero-order chi connectivity index (χ0) is 15.0. The second kappa shape index (κ2) is 8.19. The van der Waals surface area contributed by atoms with Crippen molar-refractivity contribution in [3.05, 3.63) is 6.33 Å². The highest BCUT2D eigenvalue weighted by molar-refractivity contribution is 5.81. The van der Waals surface area contributed by atoms with Gasteiger partial charge in [0.25, 0.3) is 0 Å². The van der Waals surface area contributed by atoms with Gasteiger partial charge in [0.15, 0.2) is 11.6 Å². The van der Waals surface area contributed by atoms with Gasteiger partial charge in [-0.05, 0) is 13.3 Å². The summed E-state index contributed by atoms with van der Waals surface area (Å²) in [5.41, 5.74) is 0. The average molecular weight is 281 g/mol. The number of hydrogen-bond donors (Lipinski definition) is 2. The van der Waals surface area contributed by atoms with E-state index >= 15 is 0 Å². The summed E-state index contributed by atoms with van der Waals surface area (Å²) in [7, 11) is 3.20. The minimum atomic E-state index is -0.0656. The Morgan fingerprint density at radius 2 is 2.15 bits per heavy atom. The van der Waals surface area contributed by atoms with Gasteiger partial charge in [-0.25, -0.2) is 9.97 Å². The van der Waals surface area contributed by atoms with Crippen molar-refractivity contribution < 1.29 is 9.53 Å². The third-order valence-electron chi connectivity index (χ3n) is 2.74. The largest absolute Gasteiger partial charge is 0.490 e. The third kappa shape index (κ3) is 3.97. The molecule has 1 aromatic rings. The number of rotatable bonds is 8. The molecule has 0 fully saturated rings. The Kier molecular flexibility index (Phi) is 6.55. The lowest BCUT2D eigenvalue weighted by Crippen LogP contribution is -2.37. The molecule has 0 bridgehead atoms. The van der Waals surface area contributed by atoms with E-state index in [2.05, 4.69) is 27.5 Å². The van der Waals surface area contributed by atoms with Crippen molar-refractivity contribution in [3.8, 4) is 5.75 Å². The number of likely N-dealkylation sites (N-methyl/N-ethyl adjacent to an activating group) is 1. The maximum Gasteiger partial charge on any atom is 0.239 e. The Balaban J connectivity index is 3.11. The van der Waals surface area contributed by atoms with Crippen LogP contribution in [-0.2, 0) is 4.79 Å². The van der Waals surface area contributed by atoms with Crippen LogP contribution in [0.5, 0.6) is 5.75 Å². The van der Waals surface area contributed by atoms with Crippen molar-refractivity contribution in [3.63, 3.8) is 0 Å². The number of ether oxygens (including phenoxy) is 1. The maximum absolute atomic E-state index is 11.6. The summed E-state index contributed by atoms with van der Waals surface area (Å²) in [4.78, 5) is 22.0. The van der Waals surface area contributed by atoms with E-state index in [1.807, 2.05) is 11.8 Å². The van der Waals surface area contributed by atoms with Gasteiger partial charge in [0.2, 0.25) is 11.7 Å². The van der Waals surface area contributed by atoms with Crippen molar-refractivity contribution in [1.82, 2.24) is 15.3 Å². The highest BCUT2D eigenvalue weighted by atomic mass is 16.5. The second-order valence-electron chi connectivity index (χ2n) is 4.20. The monoisotopic (exact) mass is 281 g/mol. The standard InChI is InChI=1S/C13H23N5O2/c1-5-7-18(8-10(19)14-3)13-11(20-4)12(15-6-2)16-9-17-13/h9H,5-8H2,1-4H3,(H,14,19)(H,15,16,17). The van der Waals surface area contributed by atoms with Crippen LogP contribution in [0.3, 0.4) is 0 Å². The van der Waals surface area contributed by atoms with Crippen LogP contribution in [0.25, 0.3) is 0 Å². The van der Waals surface area contributed by atoms with E-state index in [-0.39, 0.29) is 12.5 Å². The van der Waals surface area contributed by atoms with Gasteiger partial charge >= 0.3 is 0 Å². The lowest BCUT2D eigenvalue weighted by atomic mass is 10.3. The van der Waals surface area contributed by atoms with Gasteiger partial charge in [-0.2, -0.15) is 0 Å². The number of amides is 1. The van der Waals surface area contributed by atoms with Gasteiger partial charge in [-0.15, -0.1) is 0 Å². The second-order valence-corrected chi connectivity index (χ2v) is 4.20. The van der Waals surface area contributed by atoms with Gasteiger partial charge in [-0.1, -0.05) is 6.92 Å². The van der Waals surface area contributed by atoms with Gasteiger partial charge in [0.05, 0.1) is 13.7 Å². The smallest absolute Gasteiger partial charge is 0.239 e. The molecule has 2 N–H and O–H groups in total. The number of methoxy groups -OCH3 is 1. The summed E-state index contributed by atoms with van der Waals surface area (Å²) in [5.74, 6) is 1.76. The van der Waals surface area contributed by atoms with E-state index in [1.54, 1.807) is 14.2 Å². The first-order valence-electron chi connectivity index (χ1n) is 6.76. The lowest BCUT2D eigenvalue weighted by molar-refractivity contribution is -0.119. The van der Waals surface area contributed by atoms with Crippen LogP contribution in [0.15, 0.2) is 6.33 Å². The Hall–Kier alpha value is -2.05. The third-order valence-corrected chi connectivity index (χ3v) is 2.74. The van der Waals surface area contributed by atoms with Crippen LogP contribution in [-0.4, -0.2) is 49.7 Å². The molecule has 0 saturated heterocycles. The molecule has 0 aromatic carbocycles. The Morgan fingerprint density at radius 3 is 2.70 bits per heavy atom. The zero-order valence-corrected chi connectivity index (χ0v) is 12.6.